The molecule has 3 aromatic rings. The maximum Gasteiger partial charge on any atom is 0.265 e. The monoisotopic (exact) mass is 413 g/mol. The molecule has 26 heavy (non-hydrogen) atoms. The number of benzene rings is 3. The Morgan fingerprint density at radius 2 is 1.81 bits per heavy atom. The maximum atomic E-state index is 12.6. The molecule has 1 unspecified atom stereocenters. The highest BCUT2D eigenvalue weighted by Gasteiger charge is 2.18. The lowest BCUT2D eigenvalue weighted by Crippen LogP contribution is -2.30. The number of ether oxygens (including phenoxy) is 2. The number of fused-ring (bicyclic) bond motifs is 1. The molecule has 0 aliphatic rings. The number of nitrogens with one attached hydrogen (secondary N) is 1. The van der Waals surface area contributed by atoms with Gasteiger partial charge < -0.3 is 14.8 Å². The number of hydrogen-bond donors (Lipinski definition) is 1. The van der Waals surface area contributed by atoms with E-state index in [1.54, 1.807) is 14.0 Å². The average Bonchev–Trinajstić information content (AvgIpc) is 2.64. The van der Waals surface area contributed by atoms with E-state index in [1.807, 2.05) is 61.5 Å². The van der Waals surface area contributed by atoms with Crippen LogP contribution in [0.25, 0.3) is 10.8 Å². The van der Waals surface area contributed by atoms with Crippen molar-refractivity contribution in [2.75, 3.05) is 12.4 Å². The van der Waals surface area contributed by atoms with Crippen molar-refractivity contribution in [3.8, 4) is 11.5 Å². The van der Waals surface area contributed by atoms with E-state index in [0.717, 1.165) is 20.8 Å². The molecule has 0 fully saturated rings. The zero-order valence-corrected chi connectivity index (χ0v) is 16.5. The third-order valence-corrected chi connectivity index (χ3v) is 4.93. The normalized spacial score (nSPS) is 11.8. The van der Waals surface area contributed by atoms with E-state index in [-0.39, 0.29) is 5.91 Å². The highest BCUT2D eigenvalue weighted by Crippen LogP contribution is 2.34. The van der Waals surface area contributed by atoms with Crippen LogP contribution in [-0.4, -0.2) is 19.1 Å². The summed E-state index contributed by atoms with van der Waals surface area (Å²) >= 11 is 3.58. The molecule has 3 aromatic carbocycles. The second kappa shape index (κ2) is 7.79. The Labute approximate surface area is 161 Å². The van der Waals surface area contributed by atoms with E-state index >= 15 is 0 Å². The minimum Gasteiger partial charge on any atom is -0.495 e. The molecular weight excluding hydrogens is 394 g/mol. The average molecular weight is 414 g/mol. The van der Waals surface area contributed by atoms with Crippen molar-refractivity contribution in [1.29, 1.82) is 0 Å². The van der Waals surface area contributed by atoms with Crippen LogP contribution in [-0.2, 0) is 4.79 Å². The van der Waals surface area contributed by atoms with Crippen LogP contribution < -0.4 is 14.8 Å². The summed E-state index contributed by atoms with van der Waals surface area (Å²) in [6.45, 7) is 3.68. The van der Waals surface area contributed by atoms with Gasteiger partial charge in [0, 0.05) is 0 Å². The largest absolute Gasteiger partial charge is 0.495 e. The van der Waals surface area contributed by atoms with E-state index in [4.69, 9.17) is 9.47 Å². The highest BCUT2D eigenvalue weighted by atomic mass is 79.9. The molecule has 0 radical (unpaired) electrons. The Morgan fingerprint density at radius 1 is 1.08 bits per heavy atom. The summed E-state index contributed by atoms with van der Waals surface area (Å²) in [5, 5.41) is 5.02. The Morgan fingerprint density at radius 3 is 2.58 bits per heavy atom. The Balaban J connectivity index is 1.78. The first-order valence-corrected chi connectivity index (χ1v) is 9.08. The van der Waals surface area contributed by atoms with Crippen LogP contribution in [0.1, 0.15) is 12.5 Å². The van der Waals surface area contributed by atoms with Gasteiger partial charge in [0.05, 0.1) is 17.3 Å². The second-order valence-corrected chi connectivity index (χ2v) is 6.84. The molecule has 0 aromatic heterocycles. The zero-order chi connectivity index (χ0) is 18.7. The van der Waals surface area contributed by atoms with Crippen LogP contribution in [0.2, 0.25) is 0 Å². The van der Waals surface area contributed by atoms with Crippen molar-refractivity contribution in [2.45, 2.75) is 20.0 Å². The second-order valence-electron chi connectivity index (χ2n) is 6.05. The van der Waals surface area contributed by atoms with Crippen molar-refractivity contribution >= 4 is 38.3 Å². The summed E-state index contributed by atoms with van der Waals surface area (Å²) < 4.78 is 12.0. The zero-order valence-electron chi connectivity index (χ0n) is 14.9. The van der Waals surface area contributed by atoms with E-state index in [0.29, 0.717) is 17.2 Å². The van der Waals surface area contributed by atoms with Crippen molar-refractivity contribution in [1.82, 2.24) is 0 Å². The fourth-order valence-electron chi connectivity index (χ4n) is 2.70. The number of rotatable bonds is 5. The van der Waals surface area contributed by atoms with Gasteiger partial charge in [0.15, 0.2) is 6.10 Å². The summed E-state index contributed by atoms with van der Waals surface area (Å²) in [5.74, 6) is 1.000. The summed E-state index contributed by atoms with van der Waals surface area (Å²) in [6, 6.07) is 17.5. The van der Waals surface area contributed by atoms with Crippen molar-refractivity contribution in [2.24, 2.45) is 0 Å². The number of carbonyl (C=O) groups is 1. The molecule has 1 amide bonds. The number of methoxy groups -OCH3 is 1. The third kappa shape index (κ3) is 3.83. The topological polar surface area (TPSA) is 47.6 Å². The van der Waals surface area contributed by atoms with Crippen LogP contribution in [0.3, 0.4) is 0 Å². The predicted octanol–water partition coefficient (Wildman–Crippen LogP) is 5.33. The van der Waals surface area contributed by atoms with Gasteiger partial charge >= 0.3 is 0 Å². The molecule has 1 atom stereocenters. The number of hydrogen-bond acceptors (Lipinski definition) is 3. The lowest BCUT2D eigenvalue weighted by Gasteiger charge is -2.18. The van der Waals surface area contributed by atoms with E-state index in [9.17, 15) is 4.79 Å². The molecule has 134 valence electrons. The number of amides is 1. The van der Waals surface area contributed by atoms with Crippen molar-refractivity contribution < 1.29 is 14.3 Å². The molecular formula is C21H20BrNO3. The summed E-state index contributed by atoms with van der Waals surface area (Å²) in [6.07, 6.45) is -0.669. The van der Waals surface area contributed by atoms with Gasteiger partial charge in [0.2, 0.25) is 0 Å². The van der Waals surface area contributed by atoms with Gasteiger partial charge in [-0.05, 0) is 64.3 Å². The summed E-state index contributed by atoms with van der Waals surface area (Å²) in [5.41, 5.74) is 1.66. The van der Waals surface area contributed by atoms with Gasteiger partial charge in [-0.1, -0.05) is 36.4 Å². The Kier molecular flexibility index (Phi) is 5.47. The van der Waals surface area contributed by atoms with Crippen LogP contribution in [0.15, 0.2) is 59.1 Å². The molecule has 0 saturated heterocycles. The molecule has 0 aliphatic carbocycles. The number of aryl methyl sites for hydroxylation is 1. The summed E-state index contributed by atoms with van der Waals surface area (Å²) in [4.78, 5) is 12.6. The molecule has 0 heterocycles. The molecule has 4 nitrogen and oxygen atoms in total. The molecule has 3 rings (SSSR count). The minimum absolute atomic E-state index is 0.242. The van der Waals surface area contributed by atoms with Crippen LogP contribution in [0.5, 0.6) is 11.5 Å². The molecule has 0 spiro atoms. The van der Waals surface area contributed by atoms with Crippen LogP contribution >= 0.6 is 15.9 Å². The minimum atomic E-state index is -0.669. The molecule has 5 heteroatoms. The highest BCUT2D eigenvalue weighted by molar-refractivity contribution is 9.10. The third-order valence-electron chi connectivity index (χ3n) is 4.11. The molecule has 1 N–H and O–H groups in total. The van der Waals surface area contributed by atoms with Crippen molar-refractivity contribution in [3.63, 3.8) is 0 Å². The first-order valence-electron chi connectivity index (χ1n) is 8.29. The number of halogens is 1. The van der Waals surface area contributed by atoms with Gasteiger partial charge in [-0.3, -0.25) is 4.79 Å². The summed E-state index contributed by atoms with van der Waals surface area (Å²) in [7, 11) is 1.58. The van der Waals surface area contributed by atoms with Gasteiger partial charge in [-0.25, -0.2) is 0 Å². The number of anilines is 1. The molecule has 0 aliphatic heterocycles. The Hall–Kier alpha value is -2.53. The molecule has 0 bridgehead atoms. The maximum absolute atomic E-state index is 12.6. The van der Waals surface area contributed by atoms with Crippen LogP contribution in [0.4, 0.5) is 5.69 Å². The SMILES string of the molecule is COc1ccc(C)cc1NC(=O)C(C)Oc1ccc2ccccc2c1Br. The predicted molar refractivity (Wildman–Crippen MR) is 108 cm³/mol. The lowest BCUT2D eigenvalue weighted by atomic mass is 10.1. The first-order chi connectivity index (χ1) is 12.5. The quantitative estimate of drug-likeness (QED) is 0.614. The van der Waals surface area contributed by atoms with Crippen molar-refractivity contribution in [3.05, 3.63) is 64.6 Å². The van der Waals surface area contributed by atoms with E-state index < -0.39 is 6.10 Å². The van der Waals surface area contributed by atoms with Gasteiger partial charge in [-0.15, -0.1) is 0 Å². The lowest BCUT2D eigenvalue weighted by molar-refractivity contribution is -0.122. The number of carbonyl (C=O) groups excluding carboxylic acids is 1. The fourth-order valence-corrected chi connectivity index (χ4v) is 3.29. The Bertz CT molecular complexity index is 955. The van der Waals surface area contributed by atoms with Gasteiger partial charge in [-0.2, -0.15) is 0 Å². The van der Waals surface area contributed by atoms with Gasteiger partial charge in [0.1, 0.15) is 11.5 Å². The van der Waals surface area contributed by atoms with Crippen LogP contribution in [0, 0.1) is 6.92 Å². The smallest absolute Gasteiger partial charge is 0.265 e. The first kappa shape index (κ1) is 18.3. The van der Waals surface area contributed by atoms with Gasteiger partial charge in [0.25, 0.3) is 5.91 Å². The molecule has 0 saturated carbocycles. The standard InChI is InChI=1S/C21H20BrNO3/c1-13-8-10-18(25-3)17(12-13)23-21(24)14(2)26-19-11-9-15-6-4-5-7-16(15)20(19)22/h4-12,14H,1-3H3,(H,23,24). The van der Waals surface area contributed by atoms with E-state index in [1.165, 1.54) is 0 Å². The fraction of sp³-hybridized carbons (Fsp3) is 0.190. The van der Waals surface area contributed by atoms with E-state index in [2.05, 4.69) is 21.2 Å².